The van der Waals surface area contributed by atoms with Crippen molar-refractivity contribution in [3.63, 3.8) is 0 Å². The van der Waals surface area contributed by atoms with Gasteiger partial charge in [-0.3, -0.25) is 0 Å². The molecular weight excluding hydrogens is 362 g/mol. The lowest BCUT2D eigenvalue weighted by Gasteiger charge is -2.46. The summed E-state index contributed by atoms with van der Waals surface area (Å²) in [5.74, 6) is 0.377. The zero-order chi connectivity index (χ0) is 21.1. The van der Waals surface area contributed by atoms with Gasteiger partial charge in [0.25, 0.3) is 5.09 Å². The van der Waals surface area contributed by atoms with Crippen molar-refractivity contribution in [2.75, 3.05) is 6.54 Å². The fourth-order valence-electron chi connectivity index (χ4n) is 3.89. The maximum atomic E-state index is 12.8. The highest BCUT2D eigenvalue weighted by Crippen LogP contribution is 2.50. The van der Waals surface area contributed by atoms with Crippen LogP contribution in [-0.4, -0.2) is 22.2 Å². The smallest absolute Gasteiger partial charge is 0.295 e. The van der Waals surface area contributed by atoms with E-state index in [0.717, 1.165) is 21.6 Å². The number of furan rings is 1. The van der Waals surface area contributed by atoms with Gasteiger partial charge in [-0.1, -0.05) is 0 Å². The number of nitrogens with zero attached hydrogens (tertiary/aromatic N) is 2. The third kappa shape index (κ3) is 3.47. The minimum absolute atomic E-state index is 0.225. The Balaban J connectivity index is 2.03. The summed E-state index contributed by atoms with van der Waals surface area (Å²) in [7, 11) is 0. The molecule has 1 aromatic heterocycles. The predicted molar refractivity (Wildman–Crippen MR) is 106 cm³/mol. The van der Waals surface area contributed by atoms with E-state index in [1.165, 1.54) is 0 Å². The van der Waals surface area contributed by atoms with E-state index in [4.69, 9.17) is 9.25 Å². The van der Waals surface area contributed by atoms with Gasteiger partial charge in [-0.2, -0.15) is 0 Å². The Labute approximate surface area is 164 Å². The van der Waals surface area contributed by atoms with Gasteiger partial charge in [0.15, 0.2) is 6.10 Å². The topological polar surface area (TPSA) is 104 Å². The average Bonchev–Trinajstić information content (AvgIpc) is 3.02. The number of fused-ring (bicyclic) bond motifs is 2. The second-order valence-electron chi connectivity index (χ2n) is 9.45. The van der Waals surface area contributed by atoms with Crippen molar-refractivity contribution >= 4 is 11.0 Å². The van der Waals surface area contributed by atoms with Crippen molar-refractivity contribution in [1.29, 1.82) is 0 Å². The van der Waals surface area contributed by atoms with E-state index in [0.29, 0.717) is 11.3 Å². The molecule has 2 aromatic rings. The van der Waals surface area contributed by atoms with Crippen LogP contribution >= 0.6 is 0 Å². The van der Waals surface area contributed by atoms with Gasteiger partial charge < -0.3 is 24.8 Å². The van der Waals surface area contributed by atoms with Crippen LogP contribution in [-0.2, 0) is 15.9 Å². The monoisotopic (exact) mass is 390 g/mol. The molecule has 3 rings (SSSR count). The van der Waals surface area contributed by atoms with Gasteiger partial charge in [-0.25, -0.2) is 0 Å². The average molecular weight is 390 g/mol. The largest absolute Gasteiger partial charge is 0.784 e. The molecule has 1 unspecified atom stereocenters. The summed E-state index contributed by atoms with van der Waals surface area (Å²) in [5.41, 5.74) is 0.837. The molecule has 1 atom stereocenters. The van der Waals surface area contributed by atoms with E-state index in [-0.39, 0.29) is 12.1 Å². The Morgan fingerprint density at radius 1 is 1.18 bits per heavy atom. The van der Waals surface area contributed by atoms with E-state index in [9.17, 15) is 15.3 Å². The van der Waals surface area contributed by atoms with Crippen molar-refractivity contribution < 1.29 is 14.3 Å². The molecular formula is C20H28N3O5-. The zero-order valence-electron chi connectivity index (χ0n) is 17.5. The zero-order valence-corrected chi connectivity index (χ0v) is 17.5. The molecule has 1 aliphatic heterocycles. The quantitative estimate of drug-likeness (QED) is 0.597. The maximum Gasteiger partial charge on any atom is 0.295 e. The Hall–Kier alpha value is -2.16. The molecule has 1 N–H and O–H groups in total. The summed E-state index contributed by atoms with van der Waals surface area (Å²) in [4.78, 5) is 15.8. The number of benzene rings is 1. The van der Waals surface area contributed by atoms with E-state index in [1.807, 2.05) is 60.6 Å². The molecule has 154 valence electrons. The lowest BCUT2D eigenvalue weighted by molar-refractivity contribution is -0.771. The van der Waals surface area contributed by atoms with Crippen LogP contribution in [0.2, 0.25) is 0 Å². The third-order valence-corrected chi connectivity index (χ3v) is 5.36. The minimum Gasteiger partial charge on any atom is -0.784 e. The second kappa shape index (κ2) is 6.43. The number of nitrogens with one attached hydrogen (secondary N) is 1. The van der Waals surface area contributed by atoms with Crippen LogP contribution in [0.3, 0.4) is 0 Å². The summed E-state index contributed by atoms with van der Waals surface area (Å²) in [6, 6.07) is 5.57. The highest BCUT2D eigenvalue weighted by molar-refractivity contribution is 5.81. The third-order valence-electron chi connectivity index (χ3n) is 5.36. The number of hydrogen-bond acceptors (Lipinski definition) is 7. The second-order valence-corrected chi connectivity index (χ2v) is 9.45. The van der Waals surface area contributed by atoms with Crippen LogP contribution in [0.25, 0.3) is 11.0 Å². The molecule has 1 aromatic carbocycles. The fraction of sp³-hybridized carbons (Fsp3) is 0.600. The molecule has 28 heavy (non-hydrogen) atoms. The summed E-state index contributed by atoms with van der Waals surface area (Å²) >= 11 is 0. The first-order valence-electron chi connectivity index (χ1n) is 9.35. The van der Waals surface area contributed by atoms with Gasteiger partial charge in [0.1, 0.15) is 11.3 Å². The SMILES string of the molecule is CC(C)(C)NCC(O[N+](=O)[O-])c1cc2cc3c(cc2o1)C(C)(C)N([O-])C3(C)C. The first-order chi connectivity index (χ1) is 12.7. The molecule has 0 amide bonds. The Morgan fingerprint density at radius 2 is 1.75 bits per heavy atom. The van der Waals surface area contributed by atoms with Crippen molar-refractivity contribution in [2.24, 2.45) is 0 Å². The van der Waals surface area contributed by atoms with Gasteiger partial charge in [-0.15, -0.1) is 10.1 Å². The number of rotatable bonds is 5. The molecule has 0 saturated heterocycles. The maximum absolute atomic E-state index is 12.8. The highest BCUT2D eigenvalue weighted by Gasteiger charge is 2.44. The van der Waals surface area contributed by atoms with Gasteiger partial charge >= 0.3 is 0 Å². The summed E-state index contributed by atoms with van der Waals surface area (Å²) in [6.45, 7) is 13.7. The molecule has 0 fully saturated rings. The van der Waals surface area contributed by atoms with Crippen LogP contribution in [0.15, 0.2) is 22.6 Å². The minimum atomic E-state index is -0.867. The van der Waals surface area contributed by atoms with E-state index in [1.54, 1.807) is 6.07 Å². The fourth-order valence-corrected chi connectivity index (χ4v) is 3.89. The van der Waals surface area contributed by atoms with Crippen LogP contribution in [0.1, 0.15) is 71.5 Å². The van der Waals surface area contributed by atoms with Gasteiger partial charge in [0, 0.05) is 28.5 Å². The number of hydroxylamine groups is 2. The van der Waals surface area contributed by atoms with Crippen molar-refractivity contribution in [1.82, 2.24) is 10.4 Å². The molecule has 8 heteroatoms. The molecule has 8 nitrogen and oxygen atoms in total. The molecule has 0 saturated carbocycles. The summed E-state index contributed by atoms with van der Waals surface area (Å²) in [6.07, 6.45) is -0.867. The van der Waals surface area contributed by atoms with Crippen molar-refractivity contribution in [2.45, 2.75) is 71.2 Å². The van der Waals surface area contributed by atoms with Crippen molar-refractivity contribution in [3.05, 3.63) is 50.4 Å². The molecule has 2 heterocycles. The first kappa shape index (κ1) is 20.6. The van der Waals surface area contributed by atoms with Gasteiger partial charge in [-0.05, 0) is 77.8 Å². The molecule has 0 aliphatic carbocycles. The molecule has 0 radical (unpaired) electrons. The normalized spacial score (nSPS) is 19.6. The van der Waals surface area contributed by atoms with Crippen LogP contribution in [0.5, 0.6) is 0 Å². The standard InChI is InChI=1S/C20H28N3O5/c1-18(2,3)21-11-17(28-23(25)26)16-9-12-8-13-14(10-15(12)27-16)20(6,7)22(24)19(13,4)5/h8-10,17,21H,11H2,1-7H3/q-1. The molecule has 0 spiro atoms. The Bertz CT molecular complexity index is 857. The van der Waals surface area contributed by atoms with E-state index < -0.39 is 22.3 Å². The van der Waals surface area contributed by atoms with Crippen LogP contribution in [0, 0.1) is 15.3 Å². The van der Waals surface area contributed by atoms with Crippen LogP contribution in [0.4, 0.5) is 0 Å². The summed E-state index contributed by atoms with van der Waals surface area (Å²) in [5, 5.41) is 28.0. The first-order valence-corrected chi connectivity index (χ1v) is 9.35. The van der Waals surface area contributed by atoms with E-state index >= 15 is 0 Å². The molecule has 0 bridgehead atoms. The van der Waals surface area contributed by atoms with E-state index in [2.05, 4.69) is 5.32 Å². The van der Waals surface area contributed by atoms with Gasteiger partial charge in [0.2, 0.25) is 0 Å². The predicted octanol–water partition coefficient (Wildman–Crippen LogP) is 4.35. The Morgan fingerprint density at radius 3 is 2.29 bits per heavy atom. The highest BCUT2D eigenvalue weighted by atomic mass is 17.0. The van der Waals surface area contributed by atoms with Crippen LogP contribution < -0.4 is 5.32 Å². The lowest BCUT2D eigenvalue weighted by atomic mass is 9.89. The van der Waals surface area contributed by atoms with Gasteiger partial charge in [0.05, 0.1) is 0 Å². The lowest BCUT2D eigenvalue weighted by Crippen LogP contribution is -2.40. The summed E-state index contributed by atoms with van der Waals surface area (Å²) < 4.78 is 5.93. The molecule has 1 aliphatic rings. The van der Waals surface area contributed by atoms with Crippen molar-refractivity contribution in [3.8, 4) is 0 Å². The Kier molecular flexibility index (Phi) is 4.73. The number of hydrogen-bond donors (Lipinski definition) is 1.